The molecule has 66 valence electrons. The second kappa shape index (κ2) is 2.73. The summed E-state index contributed by atoms with van der Waals surface area (Å²) >= 11 is 0. The molecule has 0 unspecified atom stereocenters. The Morgan fingerprint density at radius 2 is 1.54 bits per heavy atom. The van der Waals surface area contributed by atoms with Crippen LogP contribution in [0.15, 0.2) is 46.6 Å². The van der Waals surface area contributed by atoms with Gasteiger partial charge in [0.1, 0.15) is 0 Å². The molecule has 0 heterocycles. The zero-order valence-electron chi connectivity index (χ0n) is 7.84. The van der Waals surface area contributed by atoms with Crippen molar-refractivity contribution in [2.24, 2.45) is 0 Å². The molecule has 0 nitrogen and oxygen atoms in total. The summed E-state index contributed by atoms with van der Waals surface area (Å²) < 4.78 is 0. The normalized spacial score (nSPS) is 25.2. The summed E-state index contributed by atoms with van der Waals surface area (Å²) in [5.74, 6) is 0. The highest BCUT2D eigenvalue weighted by molar-refractivity contribution is 5.54. The molecule has 3 aliphatic carbocycles. The largest absolute Gasteiger partial charge is 0.0839 e. The van der Waals surface area contributed by atoms with Crippen LogP contribution in [0.4, 0.5) is 0 Å². The Morgan fingerprint density at radius 1 is 0.769 bits per heavy atom. The van der Waals surface area contributed by atoms with Gasteiger partial charge < -0.3 is 0 Å². The van der Waals surface area contributed by atoms with Crippen molar-refractivity contribution in [1.82, 2.24) is 0 Å². The molecule has 0 heteroatoms. The van der Waals surface area contributed by atoms with Crippen LogP contribution in [0.1, 0.15) is 32.1 Å². The van der Waals surface area contributed by atoms with E-state index in [0.29, 0.717) is 0 Å². The Kier molecular flexibility index (Phi) is 1.55. The molecule has 13 heavy (non-hydrogen) atoms. The smallest absolute Gasteiger partial charge is 0.00887 e. The zero-order chi connectivity index (χ0) is 8.67. The average Bonchev–Trinajstić information content (AvgIpc) is 2.65. The van der Waals surface area contributed by atoms with Crippen LogP contribution in [-0.4, -0.2) is 0 Å². The molecule has 0 aliphatic heterocycles. The summed E-state index contributed by atoms with van der Waals surface area (Å²) in [6.07, 6.45) is 15.6. The van der Waals surface area contributed by atoms with Crippen LogP contribution < -0.4 is 0 Å². The molecule has 0 saturated heterocycles. The van der Waals surface area contributed by atoms with Crippen LogP contribution in [-0.2, 0) is 0 Å². The summed E-state index contributed by atoms with van der Waals surface area (Å²) in [6.45, 7) is 0. The van der Waals surface area contributed by atoms with Crippen molar-refractivity contribution in [3.05, 3.63) is 46.6 Å². The van der Waals surface area contributed by atoms with E-state index in [1.165, 1.54) is 32.1 Å². The molecule has 3 rings (SSSR count). The Bertz CT molecular complexity index is 361. The molecule has 0 radical (unpaired) electrons. The van der Waals surface area contributed by atoms with Crippen LogP contribution in [0.2, 0.25) is 0 Å². The lowest BCUT2D eigenvalue weighted by atomic mass is 9.82. The van der Waals surface area contributed by atoms with E-state index < -0.39 is 0 Å². The molecule has 0 aromatic heterocycles. The first-order valence-corrected chi connectivity index (χ1v) is 5.22. The Hall–Kier alpha value is -1.04. The third-order valence-corrected chi connectivity index (χ3v) is 3.32. The topological polar surface area (TPSA) is 0 Å². The minimum absolute atomic E-state index is 1.20. The first-order valence-electron chi connectivity index (χ1n) is 5.22. The van der Waals surface area contributed by atoms with Gasteiger partial charge in [0.2, 0.25) is 0 Å². The van der Waals surface area contributed by atoms with E-state index in [1.54, 1.807) is 22.3 Å². The van der Waals surface area contributed by atoms with Crippen molar-refractivity contribution in [3.8, 4) is 0 Å². The lowest BCUT2D eigenvalue weighted by Crippen LogP contribution is -2.04. The van der Waals surface area contributed by atoms with Crippen LogP contribution in [0.25, 0.3) is 0 Å². The second-order valence-electron chi connectivity index (χ2n) is 4.06. The molecule has 0 bridgehead atoms. The Morgan fingerprint density at radius 3 is 2.46 bits per heavy atom. The Balaban J connectivity index is 2.08. The lowest BCUT2D eigenvalue weighted by Gasteiger charge is -2.23. The highest BCUT2D eigenvalue weighted by Gasteiger charge is 2.21. The van der Waals surface area contributed by atoms with Gasteiger partial charge in [0.15, 0.2) is 0 Å². The molecular weight excluding hydrogens is 156 g/mol. The molecule has 0 fully saturated rings. The third-order valence-electron chi connectivity index (χ3n) is 3.32. The van der Waals surface area contributed by atoms with E-state index >= 15 is 0 Å². The monoisotopic (exact) mass is 170 g/mol. The second-order valence-corrected chi connectivity index (χ2v) is 4.06. The minimum Gasteiger partial charge on any atom is -0.0839 e. The fourth-order valence-corrected chi connectivity index (χ4v) is 2.66. The summed E-state index contributed by atoms with van der Waals surface area (Å²) in [4.78, 5) is 0. The van der Waals surface area contributed by atoms with Gasteiger partial charge in [-0.15, -0.1) is 0 Å². The van der Waals surface area contributed by atoms with Crippen LogP contribution in [0.5, 0.6) is 0 Å². The molecule has 0 saturated carbocycles. The predicted molar refractivity (Wildman–Crippen MR) is 55.4 cm³/mol. The van der Waals surface area contributed by atoms with Crippen LogP contribution in [0.3, 0.4) is 0 Å². The highest BCUT2D eigenvalue weighted by atomic mass is 14.3. The first-order chi connectivity index (χ1) is 6.45. The molecule has 0 aromatic carbocycles. The zero-order valence-corrected chi connectivity index (χ0v) is 7.84. The van der Waals surface area contributed by atoms with E-state index in [9.17, 15) is 0 Å². The van der Waals surface area contributed by atoms with Gasteiger partial charge in [0.05, 0.1) is 0 Å². The summed E-state index contributed by atoms with van der Waals surface area (Å²) in [7, 11) is 0. The average molecular weight is 170 g/mol. The standard InChI is InChI=1S/C13H14/c1-2-6-12-10(4-1)8-9-11-5-3-7-13(11)12/h1,3-5H,2,6-9H2. The van der Waals surface area contributed by atoms with Gasteiger partial charge in [0, 0.05) is 0 Å². The van der Waals surface area contributed by atoms with E-state index in [0.717, 1.165) is 0 Å². The summed E-state index contributed by atoms with van der Waals surface area (Å²) in [6, 6.07) is 0. The van der Waals surface area contributed by atoms with Gasteiger partial charge in [-0.25, -0.2) is 0 Å². The molecule has 3 aliphatic rings. The fourth-order valence-electron chi connectivity index (χ4n) is 2.66. The van der Waals surface area contributed by atoms with Gasteiger partial charge in [-0.1, -0.05) is 24.3 Å². The van der Waals surface area contributed by atoms with Crippen molar-refractivity contribution < 1.29 is 0 Å². The molecule has 0 aromatic rings. The maximum atomic E-state index is 2.35. The van der Waals surface area contributed by atoms with Gasteiger partial charge in [-0.3, -0.25) is 0 Å². The number of allylic oxidation sites excluding steroid dienone is 8. The predicted octanol–water partition coefficient (Wildman–Crippen LogP) is 3.68. The first kappa shape index (κ1) is 7.37. The Labute approximate surface area is 79.3 Å². The van der Waals surface area contributed by atoms with Crippen molar-refractivity contribution in [2.45, 2.75) is 32.1 Å². The fraction of sp³-hybridized carbons (Fsp3) is 0.385. The third kappa shape index (κ3) is 1.05. The van der Waals surface area contributed by atoms with Crippen molar-refractivity contribution in [3.63, 3.8) is 0 Å². The molecule has 0 atom stereocenters. The SMILES string of the molecule is C1=CC2=C(CC1)C1=C(C=CC1)CC2. The summed E-state index contributed by atoms with van der Waals surface area (Å²) in [5.41, 5.74) is 6.57. The van der Waals surface area contributed by atoms with Gasteiger partial charge in [-0.2, -0.15) is 0 Å². The molecule has 0 amide bonds. The number of fused-ring (bicyclic) bond motifs is 1. The quantitative estimate of drug-likeness (QED) is 0.520. The minimum atomic E-state index is 1.20. The summed E-state index contributed by atoms with van der Waals surface area (Å²) in [5, 5.41) is 0. The molecular formula is C13H14. The lowest BCUT2D eigenvalue weighted by molar-refractivity contribution is 0.838. The van der Waals surface area contributed by atoms with Gasteiger partial charge in [-0.05, 0) is 54.4 Å². The van der Waals surface area contributed by atoms with Crippen molar-refractivity contribution in [2.75, 3.05) is 0 Å². The molecule has 0 N–H and O–H groups in total. The number of rotatable bonds is 0. The van der Waals surface area contributed by atoms with Crippen molar-refractivity contribution >= 4 is 0 Å². The highest BCUT2D eigenvalue weighted by Crippen LogP contribution is 2.40. The molecule has 0 spiro atoms. The number of hydrogen-bond acceptors (Lipinski definition) is 0. The van der Waals surface area contributed by atoms with E-state index in [2.05, 4.69) is 24.3 Å². The van der Waals surface area contributed by atoms with E-state index in [4.69, 9.17) is 0 Å². The maximum Gasteiger partial charge on any atom is -0.00887 e. The van der Waals surface area contributed by atoms with Crippen LogP contribution >= 0.6 is 0 Å². The van der Waals surface area contributed by atoms with Gasteiger partial charge >= 0.3 is 0 Å². The van der Waals surface area contributed by atoms with Gasteiger partial charge in [0.25, 0.3) is 0 Å². The van der Waals surface area contributed by atoms with Crippen molar-refractivity contribution in [1.29, 1.82) is 0 Å². The maximum absolute atomic E-state index is 2.35. The van der Waals surface area contributed by atoms with E-state index in [1.807, 2.05) is 0 Å². The van der Waals surface area contributed by atoms with Crippen LogP contribution in [0, 0.1) is 0 Å². The number of hydrogen-bond donors (Lipinski definition) is 0. The van der Waals surface area contributed by atoms with E-state index in [-0.39, 0.29) is 0 Å².